The molecule has 136 valence electrons. The minimum Gasteiger partial charge on any atom is -0.192 e. The lowest BCUT2D eigenvalue weighted by molar-refractivity contribution is 0.154. The van der Waals surface area contributed by atoms with Gasteiger partial charge in [0.25, 0.3) is 0 Å². The van der Waals surface area contributed by atoms with Gasteiger partial charge < -0.3 is 0 Å². The smallest absolute Gasteiger partial charge is 0.0991 e. The van der Waals surface area contributed by atoms with Gasteiger partial charge in [0.1, 0.15) is 0 Å². The summed E-state index contributed by atoms with van der Waals surface area (Å²) in [6.07, 6.45) is 17.2. The number of hydrogen-bond acceptors (Lipinski definition) is 1. The summed E-state index contributed by atoms with van der Waals surface area (Å²) < 4.78 is 0. The molecule has 0 N–H and O–H groups in total. The van der Waals surface area contributed by atoms with Gasteiger partial charge in [-0.3, -0.25) is 0 Å². The Morgan fingerprint density at radius 3 is 2.04 bits per heavy atom. The number of rotatable bonds is 3. The van der Waals surface area contributed by atoms with Gasteiger partial charge in [-0.05, 0) is 92.5 Å². The topological polar surface area (TPSA) is 23.8 Å². The average Bonchev–Trinajstić information content (AvgIpc) is 2.72. The largest absolute Gasteiger partial charge is 0.192 e. The van der Waals surface area contributed by atoms with Crippen molar-refractivity contribution in [2.24, 2.45) is 23.7 Å². The zero-order valence-corrected chi connectivity index (χ0v) is 16.1. The monoisotopic (exact) mass is 345 g/mol. The maximum absolute atomic E-state index is 8.81. The van der Waals surface area contributed by atoms with E-state index in [1.165, 1.54) is 57.8 Å². The van der Waals surface area contributed by atoms with Crippen molar-refractivity contribution in [2.45, 2.75) is 64.7 Å². The van der Waals surface area contributed by atoms with Crippen molar-refractivity contribution in [3.8, 4) is 17.9 Å². The lowest BCUT2D eigenvalue weighted by atomic mass is 9.69. The molecule has 1 aromatic carbocycles. The van der Waals surface area contributed by atoms with Gasteiger partial charge in [-0.25, -0.2) is 0 Å². The Labute approximate surface area is 159 Å². The van der Waals surface area contributed by atoms with Crippen molar-refractivity contribution in [1.29, 1.82) is 5.26 Å². The molecule has 1 nitrogen and oxygen atoms in total. The van der Waals surface area contributed by atoms with E-state index in [9.17, 15) is 0 Å². The molecule has 0 amide bonds. The lowest BCUT2D eigenvalue weighted by Crippen LogP contribution is -2.25. The van der Waals surface area contributed by atoms with E-state index in [1.807, 2.05) is 30.3 Å². The fourth-order valence-corrected chi connectivity index (χ4v) is 4.81. The molecule has 0 aromatic heterocycles. The predicted octanol–water partition coefficient (Wildman–Crippen LogP) is 6.49. The molecule has 3 rings (SSSR count). The standard InChI is InChI=1S/C25H31N/c1-2-20-11-15-24(16-12-20)25-17-13-22(14-18-25)6-4-3-5-21-7-9-23(19-26)10-8-21/h4,6-10,20,22,24-25H,2,11-18H2,1H3/b6-4+/t20-,22?,24-,25?. The Morgan fingerprint density at radius 2 is 1.46 bits per heavy atom. The quantitative estimate of drug-likeness (QED) is 0.574. The molecule has 2 fully saturated rings. The molecule has 1 heteroatoms. The zero-order valence-electron chi connectivity index (χ0n) is 16.1. The second-order valence-corrected chi connectivity index (χ2v) is 8.18. The summed E-state index contributed by atoms with van der Waals surface area (Å²) in [7, 11) is 0. The molecule has 0 bridgehead atoms. The van der Waals surface area contributed by atoms with Crippen LogP contribution < -0.4 is 0 Å². The summed E-state index contributed by atoms with van der Waals surface area (Å²) >= 11 is 0. The summed E-state index contributed by atoms with van der Waals surface area (Å²) in [6.45, 7) is 2.35. The third-order valence-electron chi connectivity index (χ3n) is 6.63. The van der Waals surface area contributed by atoms with Gasteiger partial charge in [-0.2, -0.15) is 5.26 Å². The summed E-state index contributed by atoms with van der Waals surface area (Å²) in [4.78, 5) is 0. The van der Waals surface area contributed by atoms with Crippen LogP contribution in [-0.4, -0.2) is 0 Å². The Morgan fingerprint density at radius 1 is 0.885 bits per heavy atom. The molecule has 1 aromatic rings. The van der Waals surface area contributed by atoms with Gasteiger partial charge in [-0.1, -0.05) is 44.1 Å². The Hall–Kier alpha value is -1.99. The van der Waals surface area contributed by atoms with Crippen molar-refractivity contribution in [3.05, 3.63) is 47.5 Å². The van der Waals surface area contributed by atoms with Gasteiger partial charge in [0, 0.05) is 5.56 Å². The van der Waals surface area contributed by atoms with Gasteiger partial charge >= 0.3 is 0 Å². The molecule has 0 aliphatic heterocycles. The van der Waals surface area contributed by atoms with Gasteiger partial charge in [0.15, 0.2) is 0 Å². The van der Waals surface area contributed by atoms with E-state index in [4.69, 9.17) is 5.26 Å². The average molecular weight is 346 g/mol. The molecular formula is C25H31N. The van der Waals surface area contributed by atoms with E-state index in [1.54, 1.807) is 0 Å². The van der Waals surface area contributed by atoms with Crippen molar-refractivity contribution in [2.75, 3.05) is 0 Å². The molecule has 26 heavy (non-hydrogen) atoms. The molecule has 0 spiro atoms. The minimum atomic E-state index is 0.686. The van der Waals surface area contributed by atoms with Gasteiger partial charge in [0.05, 0.1) is 11.6 Å². The summed E-state index contributed by atoms with van der Waals surface area (Å²) in [5.41, 5.74) is 1.66. The van der Waals surface area contributed by atoms with E-state index in [0.29, 0.717) is 11.5 Å². The van der Waals surface area contributed by atoms with Gasteiger partial charge in [0.2, 0.25) is 0 Å². The van der Waals surface area contributed by atoms with E-state index >= 15 is 0 Å². The molecule has 2 aliphatic rings. The van der Waals surface area contributed by atoms with E-state index in [0.717, 1.165) is 23.3 Å². The summed E-state index contributed by atoms with van der Waals surface area (Å²) in [5, 5.41) is 8.81. The zero-order chi connectivity index (χ0) is 18.2. The first-order valence-electron chi connectivity index (χ1n) is 10.5. The van der Waals surface area contributed by atoms with Gasteiger partial charge in [-0.15, -0.1) is 0 Å². The number of benzene rings is 1. The van der Waals surface area contributed by atoms with Crippen LogP contribution in [0.2, 0.25) is 0 Å². The van der Waals surface area contributed by atoms with Crippen molar-refractivity contribution < 1.29 is 0 Å². The van der Waals surface area contributed by atoms with Crippen LogP contribution >= 0.6 is 0 Å². The maximum Gasteiger partial charge on any atom is 0.0991 e. The van der Waals surface area contributed by atoms with Crippen LogP contribution in [0.15, 0.2) is 36.4 Å². The Kier molecular flexibility index (Phi) is 6.96. The first-order valence-corrected chi connectivity index (χ1v) is 10.5. The fraction of sp³-hybridized carbons (Fsp3) is 0.560. The van der Waals surface area contributed by atoms with Crippen LogP contribution in [-0.2, 0) is 0 Å². The summed E-state index contributed by atoms with van der Waals surface area (Å²) in [5.74, 6) is 10.0. The molecular weight excluding hydrogens is 314 g/mol. The summed E-state index contributed by atoms with van der Waals surface area (Å²) in [6, 6.07) is 9.61. The van der Waals surface area contributed by atoms with Crippen molar-refractivity contribution >= 4 is 0 Å². The molecule has 0 unspecified atom stereocenters. The normalized spacial score (nSPS) is 28.9. The molecule has 0 radical (unpaired) electrons. The molecule has 2 aliphatic carbocycles. The number of allylic oxidation sites excluding steroid dienone is 2. The van der Waals surface area contributed by atoms with Crippen LogP contribution in [0.3, 0.4) is 0 Å². The lowest BCUT2D eigenvalue weighted by Gasteiger charge is -2.37. The highest BCUT2D eigenvalue weighted by molar-refractivity contribution is 5.41. The third kappa shape index (κ3) is 5.25. The maximum atomic E-state index is 8.81. The highest BCUT2D eigenvalue weighted by Crippen LogP contribution is 2.42. The second-order valence-electron chi connectivity index (χ2n) is 8.18. The number of nitrogens with zero attached hydrogens (tertiary/aromatic N) is 1. The third-order valence-corrected chi connectivity index (χ3v) is 6.63. The molecule has 0 saturated heterocycles. The van der Waals surface area contributed by atoms with Crippen LogP contribution in [0.1, 0.15) is 75.8 Å². The highest BCUT2D eigenvalue weighted by Gasteiger charge is 2.29. The molecule has 0 heterocycles. The van der Waals surface area contributed by atoms with E-state index < -0.39 is 0 Å². The van der Waals surface area contributed by atoms with Crippen LogP contribution in [0.5, 0.6) is 0 Å². The second kappa shape index (κ2) is 9.64. The van der Waals surface area contributed by atoms with Crippen molar-refractivity contribution in [1.82, 2.24) is 0 Å². The highest BCUT2D eigenvalue weighted by atomic mass is 14.3. The molecule has 2 saturated carbocycles. The van der Waals surface area contributed by atoms with E-state index in [-0.39, 0.29) is 0 Å². The fourth-order valence-electron chi connectivity index (χ4n) is 4.81. The predicted molar refractivity (Wildman–Crippen MR) is 108 cm³/mol. The first kappa shape index (κ1) is 18.8. The minimum absolute atomic E-state index is 0.686. The molecule has 0 atom stereocenters. The Bertz CT molecular complexity index is 678. The van der Waals surface area contributed by atoms with Crippen molar-refractivity contribution in [3.63, 3.8) is 0 Å². The van der Waals surface area contributed by atoms with Crippen LogP contribution in [0, 0.1) is 46.8 Å². The number of hydrogen-bond donors (Lipinski definition) is 0. The van der Waals surface area contributed by atoms with Crippen LogP contribution in [0.4, 0.5) is 0 Å². The number of nitriles is 1. The Balaban J connectivity index is 1.42. The first-order chi connectivity index (χ1) is 12.8. The van der Waals surface area contributed by atoms with E-state index in [2.05, 4.69) is 30.9 Å². The van der Waals surface area contributed by atoms with Crippen LogP contribution in [0.25, 0.3) is 0 Å². The SMILES string of the molecule is CC[C@H]1CC[C@H](C2CCC(/C=C/C#Cc3ccc(C#N)cc3)CC2)CC1.